The highest BCUT2D eigenvalue weighted by atomic mass is 35.5. The maximum absolute atomic E-state index is 14.5. The van der Waals surface area contributed by atoms with Crippen molar-refractivity contribution in [2.75, 3.05) is 12.4 Å². The van der Waals surface area contributed by atoms with Gasteiger partial charge in [0.1, 0.15) is 28.9 Å². The van der Waals surface area contributed by atoms with Gasteiger partial charge < -0.3 is 15.6 Å². The van der Waals surface area contributed by atoms with Crippen LogP contribution in [0.25, 0.3) is 38.6 Å². The fourth-order valence-corrected chi connectivity index (χ4v) is 5.49. The first-order valence-electron chi connectivity index (χ1n) is 13.1. The molecule has 6 rings (SSSR count). The highest BCUT2D eigenvalue weighted by molar-refractivity contribution is 6.36. The lowest BCUT2D eigenvalue weighted by Gasteiger charge is -2.24. The molecule has 4 heterocycles. The smallest absolute Gasteiger partial charge is 0.269 e. The average Bonchev–Trinajstić information content (AvgIpc) is 3.02. The van der Waals surface area contributed by atoms with E-state index in [1.54, 1.807) is 29.0 Å². The van der Waals surface area contributed by atoms with Crippen LogP contribution in [-0.2, 0) is 0 Å². The van der Waals surface area contributed by atoms with Crippen molar-refractivity contribution in [2.24, 2.45) is 0 Å². The first-order valence-corrected chi connectivity index (χ1v) is 13.5. The number of fused-ring (bicyclic) bond motifs is 2. The SMILES string of the molecule is CNC(=O)c1ccc(-c2cccc3c(Cl)c([C@H](C)Nc4ncnc5[nH]ccc(=O)c45)n(-c4ccccc4)c(=O)c23)cn1. The Morgan fingerprint density at radius 2 is 1.76 bits per heavy atom. The number of aromatic nitrogens is 5. The van der Waals surface area contributed by atoms with Gasteiger partial charge in [0.05, 0.1) is 22.1 Å². The largest absolute Gasteiger partial charge is 0.361 e. The van der Waals surface area contributed by atoms with Crippen molar-refractivity contribution < 1.29 is 4.79 Å². The average molecular weight is 578 g/mol. The van der Waals surface area contributed by atoms with Gasteiger partial charge in [-0.3, -0.25) is 23.9 Å². The molecule has 10 nitrogen and oxygen atoms in total. The predicted molar refractivity (Wildman–Crippen MR) is 163 cm³/mol. The number of hydrogen-bond acceptors (Lipinski definition) is 7. The van der Waals surface area contributed by atoms with Crippen molar-refractivity contribution in [3.63, 3.8) is 0 Å². The van der Waals surface area contributed by atoms with Gasteiger partial charge in [-0.05, 0) is 30.7 Å². The molecule has 0 radical (unpaired) electrons. The molecule has 0 unspecified atom stereocenters. The summed E-state index contributed by atoms with van der Waals surface area (Å²) in [5.41, 5.74) is 2.50. The molecule has 2 aromatic carbocycles. The van der Waals surface area contributed by atoms with Crippen LogP contribution < -0.4 is 21.6 Å². The molecule has 0 aliphatic carbocycles. The Kier molecular flexibility index (Phi) is 6.97. The summed E-state index contributed by atoms with van der Waals surface area (Å²) in [6, 6.07) is 18.8. The van der Waals surface area contributed by atoms with E-state index in [4.69, 9.17) is 11.6 Å². The van der Waals surface area contributed by atoms with E-state index in [1.165, 1.54) is 25.6 Å². The third kappa shape index (κ3) is 4.57. The molecule has 0 aliphatic heterocycles. The number of halogens is 1. The Morgan fingerprint density at radius 1 is 0.952 bits per heavy atom. The third-order valence-electron chi connectivity index (χ3n) is 7.04. The summed E-state index contributed by atoms with van der Waals surface area (Å²) in [5.74, 6) is 0.00661. The maximum Gasteiger partial charge on any atom is 0.269 e. The van der Waals surface area contributed by atoms with Gasteiger partial charge in [-0.1, -0.05) is 54.1 Å². The predicted octanol–water partition coefficient (Wildman–Crippen LogP) is 4.87. The number of pyridine rings is 3. The molecule has 0 saturated heterocycles. The molecule has 1 atom stereocenters. The number of para-hydroxylation sites is 1. The number of benzene rings is 2. The summed E-state index contributed by atoms with van der Waals surface area (Å²) in [6.45, 7) is 1.85. The fourth-order valence-electron chi connectivity index (χ4n) is 5.09. The zero-order valence-corrected chi connectivity index (χ0v) is 23.3. The summed E-state index contributed by atoms with van der Waals surface area (Å²) in [5, 5.41) is 7.46. The molecule has 0 bridgehead atoms. The van der Waals surface area contributed by atoms with E-state index >= 15 is 0 Å². The topological polar surface area (TPSA) is 135 Å². The van der Waals surface area contributed by atoms with Crippen molar-refractivity contribution in [1.29, 1.82) is 0 Å². The number of aromatic amines is 1. The zero-order valence-electron chi connectivity index (χ0n) is 22.6. The highest BCUT2D eigenvalue weighted by Crippen LogP contribution is 2.36. The molecule has 1 amide bonds. The molecule has 11 heteroatoms. The molecule has 0 aliphatic rings. The highest BCUT2D eigenvalue weighted by Gasteiger charge is 2.24. The van der Waals surface area contributed by atoms with E-state index in [-0.39, 0.29) is 22.6 Å². The van der Waals surface area contributed by atoms with Crippen LogP contribution in [0.3, 0.4) is 0 Å². The van der Waals surface area contributed by atoms with Crippen LogP contribution in [0, 0.1) is 0 Å². The molecular formula is C31H24ClN7O3. The minimum Gasteiger partial charge on any atom is -0.361 e. The van der Waals surface area contributed by atoms with Crippen LogP contribution in [0.1, 0.15) is 29.1 Å². The fraction of sp³-hybridized carbons (Fsp3) is 0.0968. The second-order valence-corrected chi connectivity index (χ2v) is 9.95. The van der Waals surface area contributed by atoms with Gasteiger partial charge in [0.15, 0.2) is 5.43 Å². The molecule has 0 saturated carbocycles. The molecule has 6 aromatic rings. The second-order valence-electron chi connectivity index (χ2n) is 9.57. The van der Waals surface area contributed by atoms with Gasteiger partial charge >= 0.3 is 0 Å². The van der Waals surface area contributed by atoms with E-state index in [9.17, 15) is 14.4 Å². The number of H-pyrrole nitrogens is 1. The van der Waals surface area contributed by atoms with Crippen molar-refractivity contribution in [3.05, 3.63) is 122 Å². The quantitative estimate of drug-likeness (QED) is 0.257. The number of rotatable bonds is 6. The Morgan fingerprint density at radius 3 is 2.50 bits per heavy atom. The summed E-state index contributed by atoms with van der Waals surface area (Å²) < 4.78 is 1.58. The minimum atomic E-state index is -0.565. The first-order chi connectivity index (χ1) is 20.4. The molecule has 42 heavy (non-hydrogen) atoms. The number of anilines is 1. The van der Waals surface area contributed by atoms with Crippen LogP contribution >= 0.6 is 11.6 Å². The molecule has 3 N–H and O–H groups in total. The molecule has 0 spiro atoms. The summed E-state index contributed by atoms with van der Waals surface area (Å²) in [4.78, 5) is 54.9. The van der Waals surface area contributed by atoms with Crippen LogP contribution in [0.15, 0.2) is 95.0 Å². The number of carbonyl (C=O) groups is 1. The van der Waals surface area contributed by atoms with Crippen LogP contribution in [0.2, 0.25) is 5.02 Å². The number of hydrogen-bond donors (Lipinski definition) is 3. The zero-order chi connectivity index (χ0) is 29.4. The lowest BCUT2D eigenvalue weighted by molar-refractivity contribution is 0.0958. The minimum absolute atomic E-state index is 0.246. The van der Waals surface area contributed by atoms with Gasteiger partial charge in [-0.25, -0.2) is 9.97 Å². The monoisotopic (exact) mass is 577 g/mol. The first kappa shape index (κ1) is 26.9. The summed E-state index contributed by atoms with van der Waals surface area (Å²) in [7, 11) is 1.54. The van der Waals surface area contributed by atoms with Gasteiger partial charge in [0, 0.05) is 42.1 Å². The van der Waals surface area contributed by atoms with Crippen LogP contribution in [0.5, 0.6) is 0 Å². The Hall–Kier alpha value is -5.35. The Bertz CT molecular complexity index is 2090. The Labute approximate surface area is 244 Å². The van der Waals surface area contributed by atoms with Crippen molar-refractivity contribution >= 4 is 45.1 Å². The number of nitrogens with one attached hydrogen (secondary N) is 3. The number of carbonyl (C=O) groups excluding carboxylic acids is 1. The van der Waals surface area contributed by atoms with Crippen molar-refractivity contribution in [3.8, 4) is 16.8 Å². The molecule has 4 aromatic heterocycles. The third-order valence-corrected chi connectivity index (χ3v) is 7.44. The lowest BCUT2D eigenvalue weighted by atomic mass is 9.98. The van der Waals surface area contributed by atoms with Gasteiger partial charge in [-0.15, -0.1) is 0 Å². The van der Waals surface area contributed by atoms with E-state index in [0.29, 0.717) is 55.2 Å². The molecule has 208 valence electrons. The Balaban J connectivity index is 1.58. The number of nitrogens with zero attached hydrogens (tertiary/aromatic N) is 4. The molecule has 0 fully saturated rings. The van der Waals surface area contributed by atoms with Gasteiger partial charge in [0.2, 0.25) is 0 Å². The lowest BCUT2D eigenvalue weighted by Crippen LogP contribution is -2.27. The van der Waals surface area contributed by atoms with E-state index in [2.05, 4.69) is 30.6 Å². The normalized spacial score (nSPS) is 11.9. The summed E-state index contributed by atoms with van der Waals surface area (Å²) >= 11 is 7.16. The van der Waals surface area contributed by atoms with E-state index < -0.39 is 6.04 Å². The van der Waals surface area contributed by atoms with E-state index in [0.717, 1.165) is 0 Å². The standard InChI is InChI=1S/C31H24ClN7O3/c1-17(38-29-25-23(40)13-14-34-28(25)36-16-37-29)27-26(32)21-10-6-9-20(18-11-12-22(35-15-18)30(41)33-2)24(21)31(42)39(27)19-7-4-3-5-8-19/h3-17H,1-2H3,(H,33,41)(H2,34,36,37,38,40)/t17-/m0/s1. The van der Waals surface area contributed by atoms with Crippen molar-refractivity contribution in [2.45, 2.75) is 13.0 Å². The second kappa shape index (κ2) is 10.9. The maximum atomic E-state index is 14.5. The van der Waals surface area contributed by atoms with Gasteiger partial charge in [-0.2, -0.15) is 0 Å². The van der Waals surface area contributed by atoms with Crippen LogP contribution in [-0.4, -0.2) is 37.5 Å². The van der Waals surface area contributed by atoms with E-state index in [1.807, 2.05) is 49.4 Å². The van der Waals surface area contributed by atoms with Crippen molar-refractivity contribution in [1.82, 2.24) is 29.8 Å². The van der Waals surface area contributed by atoms with Crippen LogP contribution in [0.4, 0.5) is 5.82 Å². The summed E-state index contributed by atoms with van der Waals surface area (Å²) in [6.07, 6.45) is 4.45. The molecular weight excluding hydrogens is 554 g/mol. The van der Waals surface area contributed by atoms with Gasteiger partial charge in [0.25, 0.3) is 11.5 Å². The number of amides is 1.